The molecule has 90 valence electrons. The van der Waals surface area contributed by atoms with Gasteiger partial charge in [0, 0.05) is 19.5 Å². The summed E-state index contributed by atoms with van der Waals surface area (Å²) in [5, 5.41) is 17.5. The molecule has 0 aliphatic carbocycles. The van der Waals surface area contributed by atoms with Crippen LogP contribution in [-0.2, 0) is 9.59 Å². The summed E-state index contributed by atoms with van der Waals surface area (Å²) in [5.41, 5.74) is 0. The van der Waals surface area contributed by atoms with E-state index in [0.717, 1.165) is 0 Å². The van der Waals surface area contributed by atoms with E-state index in [1.165, 1.54) is 0 Å². The van der Waals surface area contributed by atoms with E-state index in [1.54, 1.807) is 17.1 Å². The van der Waals surface area contributed by atoms with Gasteiger partial charge < -0.3 is 10.2 Å². The first-order chi connectivity index (χ1) is 7.52. The fourth-order valence-corrected chi connectivity index (χ4v) is 1.38. The Morgan fingerprint density at radius 2 is 1.69 bits per heavy atom. The van der Waals surface area contributed by atoms with Crippen LogP contribution in [0.15, 0.2) is 25.3 Å². The monoisotopic (exact) mass is 227 g/mol. The molecular weight excluding hydrogens is 210 g/mol. The van der Waals surface area contributed by atoms with E-state index in [-0.39, 0.29) is 12.8 Å². The zero-order chi connectivity index (χ0) is 12.6. The van der Waals surface area contributed by atoms with E-state index in [1.807, 2.05) is 0 Å². The van der Waals surface area contributed by atoms with Crippen molar-refractivity contribution < 1.29 is 19.8 Å². The minimum atomic E-state index is -1.02. The lowest BCUT2D eigenvalue weighted by Gasteiger charge is -2.25. The van der Waals surface area contributed by atoms with Gasteiger partial charge >= 0.3 is 11.9 Å². The van der Waals surface area contributed by atoms with Crippen LogP contribution in [0.4, 0.5) is 0 Å². The highest BCUT2D eigenvalue weighted by Gasteiger charge is 2.24. The molecule has 0 amide bonds. The maximum absolute atomic E-state index is 11.0. The van der Waals surface area contributed by atoms with Gasteiger partial charge in [-0.3, -0.25) is 14.5 Å². The summed E-state index contributed by atoms with van der Waals surface area (Å²) in [5.74, 6) is -2.02. The normalized spacial score (nSPS) is 12.1. The lowest BCUT2D eigenvalue weighted by atomic mass is 10.1. The number of aliphatic carboxylic acids is 2. The average Bonchev–Trinajstić information content (AvgIpc) is 2.17. The topological polar surface area (TPSA) is 77.8 Å². The van der Waals surface area contributed by atoms with Crippen molar-refractivity contribution in [2.45, 2.75) is 18.9 Å². The Bertz CT molecular complexity index is 265. The van der Waals surface area contributed by atoms with Crippen molar-refractivity contribution >= 4 is 11.9 Å². The Kier molecular flexibility index (Phi) is 6.87. The van der Waals surface area contributed by atoms with Gasteiger partial charge in [0.1, 0.15) is 6.04 Å². The predicted molar refractivity (Wildman–Crippen MR) is 60.3 cm³/mol. The molecule has 1 atom stereocenters. The van der Waals surface area contributed by atoms with Crippen molar-refractivity contribution in [1.29, 1.82) is 0 Å². The van der Waals surface area contributed by atoms with Gasteiger partial charge in [0.25, 0.3) is 0 Å². The van der Waals surface area contributed by atoms with Crippen molar-refractivity contribution in [2.75, 3.05) is 13.1 Å². The first-order valence-corrected chi connectivity index (χ1v) is 4.93. The molecule has 0 fully saturated rings. The highest BCUT2D eigenvalue weighted by atomic mass is 16.4. The summed E-state index contributed by atoms with van der Waals surface area (Å²) >= 11 is 0. The van der Waals surface area contributed by atoms with Gasteiger partial charge in [-0.1, -0.05) is 12.2 Å². The van der Waals surface area contributed by atoms with Gasteiger partial charge in [0.15, 0.2) is 0 Å². The molecule has 0 bridgehead atoms. The van der Waals surface area contributed by atoms with Gasteiger partial charge in [-0.25, -0.2) is 0 Å². The maximum Gasteiger partial charge on any atom is 0.320 e. The van der Waals surface area contributed by atoms with E-state index in [4.69, 9.17) is 10.2 Å². The van der Waals surface area contributed by atoms with Crippen LogP contribution in [0.5, 0.6) is 0 Å². The third-order valence-electron chi connectivity index (χ3n) is 2.08. The molecule has 0 rings (SSSR count). The third-order valence-corrected chi connectivity index (χ3v) is 2.08. The third kappa shape index (κ3) is 5.31. The first-order valence-electron chi connectivity index (χ1n) is 4.93. The number of nitrogens with zero attached hydrogens (tertiary/aromatic N) is 1. The SMILES string of the molecule is C=CCN(CC=C)C(CCC(=O)O)C(=O)O. The van der Waals surface area contributed by atoms with Crippen LogP contribution < -0.4 is 0 Å². The summed E-state index contributed by atoms with van der Waals surface area (Å²) in [4.78, 5) is 23.0. The second-order valence-electron chi connectivity index (χ2n) is 3.32. The first kappa shape index (κ1) is 14.4. The van der Waals surface area contributed by atoms with Crippen LogP contribution >= 0.6 is 0 Å². The van der Waals surface area contributed by atoms with Crippen LogP contribution in [0.25, 0.3) is 0 Å². The molecule has 0 saturated heterocycles. The molecule has 0 aliphatic rings. The molecule has 0 heterocycles. The zero-order valence-electron chi connectivity index (χ0n) is 9.13. The van der Waals surface area contributed by atoms with Crippen LogP contribution in [-0.4, -0.2) is 46.2 Å². The van der Waals surface area contributed by atoms with Crippen molar-refractivity contribution in [2.24, 2.45) is 0 Å². The summed E-state index contributed by atoms with van der Waals surface area (Å²) in [6.45, 7) is 7.85. The number of hydrogen-bond donors (Lipinski definition) is 2. The molecule has 1 unspecified atom stereocenters. The highest BCUT2D eigenvalue weighted by molar-refractivity contribution is 5.75. The minimum Gasteiger partial charge on any atom is -0.481 e. The van der Waals surface area contributed by atoms with Gasteiger partial charge in [-0.15, -0.1) is 13.2 Å². The zero-order valence-corrected chi connectivity index (χ0v) is 9.13. The van der Waals surface area contributed by atoms with Crippen molar-refractivity contribution in [3.8, 4) is 0 Å². The molecule has 0 spiro atoms. The largest absolute Gasteiger partial charge is 0.481 e. The second kappa shape index (κ2) is 7.64. The van der Waals surface area contributed by atoms with E-state index < -0.39 is 18.0 Å². The Balaban J connectivity index is 4.55. The van der Waals surface area contributed by atoms with E-state index >= 15 is 0 Å². The summed E-state index contributed by atoms with van der Waals surface area (Å²) < 4.78 is 0. The van der Waals surface area contributed by atoms with Crippen LogP contribution in [0.3, 0.4) is 0 Å². The molecule has 0 aromatic carbocycles. The van der Waals surface area contributed by atoms with Gasteiger partial charge in [0.05, 0.1) is 0 Å². The molecule has 0 saturated carbocycles. The van der Waals surface area contributed by atoms with Crippen molar-refractivity contribution in [1.82, 2.24) is 4.90 Å². The Labute approximate surface area is 94.7 Å². The molecular formula is C11H17NO4. The fourth-order valence-electron chi connectivity index (χ4n) is 1.38. The number of carbonyl (C=O) groups is 2. The van der Waals surface area contributed by atoms with Gasteiger partial charge in [-0.2, -0.15) is 0 Å². The molecule has 16 heavy (non-hydrogen) atoms. The smallest absolute Gasteiger partial charge is 0.320 e. The maximum atomic E-state index is 11.0. The van der Waals surface area contributed by atoms with Gasteiger partial charge in [0.2, 0.25) is 0 Å². The predicted octanol–water partition coefficient (Wildman–Crippen LogP) is 0.978. The van der Waals surface area contributed by atoms with E-state index in [9.17, 15) is 9.59 Å². The van der Waals surface area contributed by atoms with Crippen molar-refractivity contribution in [3.05, 3.63) is 25.3 Å². The number of carboxylic acid groups (broad SMARTS) is 2. The molecule has 2 N–H and O–H groups in total. The number of carboxylic acids is 2. The average molecular weight is 227 g/mol. The molecule has 0 aliphatic heterocycles. The Morgan fingerprint density at radius 3 is 2.00 bits per heavy atom. The van der Waals surface area contributed by atoms with Crippen LogP contribution in [0, 0.1) is 0 Å². The van der Waals surface area contributed by atoms with Gasteiger partial charge in [-0.05, 0) is 6.42 Å². The molecule has 0 aromatic heterocycles. The quantitative estimate of drug-likeness (QED) is 0.574. The Hall–Kier alpha value is -1.62. The van der Waals surface area contributed by atoms with E-state index in [0.29, 0.717) is 13.1 Å². The second-order valence-corrected chi connectivity index (χ2v) is 3.32. The Morgan fingerprint density at radius 1 is 1.19 bits per heavy atom. The summed E-state index contributed by atoms with van der Waals surface area (Å²) in [6.07, 6.45) is 3.08. The summed E-state index contributed by atoms with van der Waals surface area (Å²) in [7, 11) is 0. The molecule has 5 heteroatoms. The highest BCUT2D eigenvalue weighted by Crippen LogP contribution is 2.08. The molecule has 0 aromatic rings. The van der Waals surface area contributed by atoms with E-state index in [2.05, 4.69) is 13.2 Å². The minimum absolute atomic E-state index is 0.0757. The molecule has 5 nitrogen and oxygen atoms in total. The number of rotatable bonds is 9. The lowest BCUT2D eigenvalue weighted by Crippen LogP contribution is -2.41. The van der Waals surface area contributed by atoms with Crippen LogP contribution in [0.2, 0.25) is 0 Å². The number of hydrogen-bond acceptors (Lipinski definition) is 3. The van der Waals surface area contributed by atoms with Crippen molar-refractivity contribution in [3.63, 3.8) is 0 Å². The fraction of sp³-hybridized carbons (Fsp3) is 0.455. The molecule has 0 radical (unpaired) electrons. The summed E-state index contributed by atoms with van der Waals surface area (Å²) in [6, 6.07) is -0.813. The lowest BCUT2D eigenvalue weighted by molar-refractivity contribution is -0.144. The standard InChI is InChI=1S/C11H17NO4/c1-3-7-12(8-4-2)9(11(15)16)5-6-10(13)14/h3-4,9H,1-2,5-8H2,(H,13,14)(H,15,16). The van der Waals surface area contributed by atoms with Crippen LogP contribution in [0.1, 0.15) is 12.8 Å².